The van der Waals surface area contributed by atoms with Gasteiger partial charge in [0.2, 0.25) is 0 Å². The van der Waals surface area contributed by atoms with Gasteiger partial charge in [0.05, 0.1) is 18.8 Å². The zero-order chi connectivity index (χ0) is 21.3. The molecule has 0 N–H and O–H groups in total. The van der Waals surface area contributed by atoms with E-state index < -0.39 is 17.7 Å². The van der Waals surface area contributed by atoms with Gasteiger partial charge in [-0.15, -0.1) is 0 Å². The van der Waals surface area contributed by atoms with Crippen LogP contribution in [0.25, 0.3) is 22.3 Å². The fourth-order valence-corrected chi connectivity index (χ4v) is 3.84. The molecule has 0 radical (unpaired) electrons. The molecule has 2 heterocycles. The summed E-state index contributed by atoms with van der Waals surface area (Å²) in [6.45, 7) is 8.60. The quantitative estimate of drug-likeness (QED) is 0.496. The van der Waals surface area contributed by atoms with Gasteiger partial charge < -0.3 is 18.6 Å². The molecule has 0 aliphatic carbocycles. The highest BCUT2D eigenvalue weighted by molar-refractivity contribution is 5.93. The Bertz CT molecular complexity index is 1060. The van der Waals surface area contributed by atoms with Crippen molar-refractivity contribution in [2.45, 2.75) is 52.2 Å². The van der Waals surface area contributed by atoms with Crippen molar-refractivity contribution in [1.82, 2.24) is 0 Å². The van der Waals surface area contributed by atoms with Crippen molar-refractivity contribution in [3.63, 3.8) is 0 Å². The van der Waals surface area contributed by atoms with E-state index in [1.165, 1.54) is 0 Å². The third kappa shape index (κ3) is 4.08. The number of esters is 1. The van der Waals surface area contributed by atoms with Crippen molar-refractivity contribution in [2.24, 2.45) is 0 Å². The molecule has 5 heteroatoms. The molecule has 5 nitrogen and oxygen atoms in total. The maximum atomic E-state index is 13.0. The van der Waals surface area contributed by atoms with E-state index in [1.807, 2.05) is 57.2 Å². The number of hydrogen-bond acceptors (Lipinski definition) is 5. The number of ether oxygens (including phenoxy) is 3. The Morgan fingerprint density at radius 3 is 2.73 bits per heavy atom. The van der Waals surface area contributed by atoms with Crippen LogP contribution in [0.2, 0.25) is 0 Å². The number of carbonyl (C=O) groups is 1. The molecule has 1 unspecified atom stereocenters. The second kappa shape index (κ2) is 8.15. The van der Waals surface area contributed by atoms with Crippen LogP contribution in [0.5, 0.6) is 5.75 Å². The molecule has 0 fully saturated rings. The van der Waals surface area contributed by atoms with Gasteiger partial charge in [-0.2, -0.15) is 0 Å². The number of carbonyl (C=O) groups excluding carboxylic acids is 1. The minimum absolute atomic E-state index is 0.282. The molecule has 30 heavy (non-hydrogen) atoms. The molecule has 158 valence electrons. The molecule has 3 aromatic rings. The number of benzene rings is 2. The normalized spacial score (nSPS) is 14.8. The molecule has 0 bridgehead atoms. The summed E-state index contributed by atoms with van der Waals surface area (Å²) in [5.74, 6) is 1.13. The van der Waals surface area contributed by atoms with Crippen LogP contribution in [0.4, 0.5) is 0 Å². The summed E-state index contributed by atoms with van der Waals surface area (Å²) < 4.78 is 23.6. The van der Waals surface area contributed by atoms with E-state index in [0.29, 0.717) is 16.9 Å². The standard InChI is InChI=1S/C25H28O5/c1-5-27-24(26)23(30-25(2,3)4)21-18-10-6-7-11-20(18)29-22(21)17-12-13-19-16(15-17)9-8-14-28-19/h6-7,10-13,15,23H,5,8-9,14H2,1-4H3. The van der Waals surface area contributed by atoms with Crippen LogP contribution < -0.4 is 4.74 Å². The molecule has 1 aliphatic rings. The smallest absolute Gasteiger partial charge is 0.340 e. The first kappa shape index (κ1) is 20.5. The summed E-state index contributed by atoms with van der Waals surface area (Å²) in [5.41, 5.74) is 2.92. The third-order valence-electron chi connectivity index (χ3n) is 5.04. The Hall–Kier alpha value is -2.79. The van der Waals surface area contributed by atoms with Gasteiger partial charge in [0.1, 0.15) is 17.1 Å². The predicted octanol–water partition coefficient (Wildman–Crippen LogP) is 5.84. The topological polar surface area (TPSA) is 57.9 Å². The van der Waals surface area contributed by atoms with Crippen molar-refractivity contribution < 1.29 is 23.4 Å². The summed E-state index contributed by atoms with van der Waals surface area (Å²) >= 11 is 0. The number of fused-ring (bicyclic) bond motifs is 2. The molecule has 1 aromatic heterocycles. The zero-order valence-electron chi connectivity index (χ0n) is 18.0. The van der Waals surface area contributed by atoms with Gasteiger partial charge in [-0.25, -0.2) is 4.79 Å². The first-order valence-electron chi connectivity index (χ1n) is 10.5. The SMILES string of the molecule is CCOC(=O)C(OC(C)(C)C)c1c(-c2ccc3c(c2)CCCO3)oc2ccccc12. The first-order chi connectivity index (χ1) is 14.4. The van der Waals surface area contributed by atoms with Crippen molar-refractivity contribution in [3.05, 3.63) is 53.6 Å². The summed E-state index contributed by atoms with van der Waals surface area (Å²) in [6.07, 6.45) is 1.05. The number of furan rings is 1. The number of hydrogen-bond donors (Lipinski definition) is 0. The zero-order valence-corrected chi connectivity index (χ0v) is 18.0. The van der Waals surface area contributed by atoms with Crippen LogP contribution in [0.3, 0.4) is 0 Å². The summed E-state index contributed by atoms with van der Waals surface area (Å²) in [7, 11) is 0. The van der Waals surface area contributed by atoms with Crippen molar-refractivity contribution in [3.8, 4) is 17.1 Å². The molecule has 2 aromatic carbocycles. The summed E-state index contributed by atoms with van der Waals surface area (Å²) in [6, 6.07) is 13.8. The Morgan fingerprint density at radius 1 is 1.17 bits per heavy atom. The van der Waals surface area contributed by atoms with Gasteiger partial charge in [-0.1, -0.05) is 18.2 Å². The van der Waals surface area contributed by atoms with Crippen molar-refractivity contribution in [2.75, 3.05) is 13.2 Å². The van der Waals surface area contributed by atoms with E-state index >= 15 is 0 Å². The number of para-hydroxylation sites is 1. The second-order valence-electron chi connectivity index (χ2n) is 8.48. The maximum absolute atomic E-state index is 13.0. The van der Waals surface area contributed by atoms with Crippen LogP contribution >= 0.6 is 0 Å². The largest absolute Gasteiger partial charge is 0.493 e. The molecule has 0 spiro atoms. The van der Waals surface area contributed by atoms with Gasteiger partial charge in [-0.3, -0.25) is 0 Å². The summed E-state index contributed by atoms with van der Waals surface area (Å²) in [4.78, 5) is 13.0. The van der Waals surface area contributed by atoms with Crippen LogP contribution in [-0.2, 0) is 20.7 Å². The molecular formula is C25H28O5. The molecule has 0 amide bonds. The van der Waals surface area contributed by atoms with Crippen LogP contribution in [-0.4, -0.2) is 24.8 Å². The second-order valence-corrected chi connectivity index (χ2v) is 8.48. The van der Waals surface area contributed by atoms with Crippen LogP contribution in [0.1, 0.15) is 51.3 Å². The molecule has 0 saturated heterocycles. The monoisotopic (exact) mass is 408 g/mol. The molecule has 0 saturated carbocycles. The molecular weight excluding hydrogens is 380 g/mol. The average molecular weight is 408 g/mol. The minimum atomic E-state index is -0.893. The van der Waals surface area contributed by atoms with E-state index in [0.717, 1.165) is 41.7 Å². The van der Waals surface area contributed by atoms with E-state index in [-0.39, 0.29) is 6.61 Å². The number of aryl methyl sites for hydroxylation is 1. The van der Waals surface area contributed by atoms with Crippen LogP contribution in [0.15, 0.2) is 46.9 Å². The minimum Gasteiger partial charge on any atom is -0.493 e. The predicted molar refractivity (Wildman–Crippen MR) is 116 cm³/mol. The lowest BCUT2D eigenvalue weighted by Gasteiger charge is -2.26. The van der Waals surface area contributed by atoms with Crippen molar-refractivity contribution >= 4 is 16.9 Å². The Labute approximate surface area is 176 Å². The Kier molecular flexibility index (Phi) is 5.56. The Morgan fingerprint density at radius 2 is 1.97 bits per heavy atom. The fraction of sp³-hybridized carbons (Fsp3) is 0.400. The average Bonchev–Trinajstić information content (AvgIpc) is 3.10. The Balaban J connectivity index is 1.90. The van der Waals surface area contributed by atoms with E-state index in [1.54, 1.807) is 6.92 Å². The van der Waals surface area contributed by atoms with E-state index in [9.17, 15) is 4.79 Å². The first-order valence-corrected chi connectivity index (χ1v) is 10.5. The third-order valence-corrected chi connectivity index (χ3v) is 5.04. The lowest BCUT2D eigenvalue weighted by molar-refractivity contribution is -0.166. The van der Waals surface area contributed by atoms with Gasteiger partial charge in [0.15, 0.2) is 6.10 Å². The molecule has 1 atom stereocenters. The molecule has 1 aliphatic heterocycles. The van der Waals surface area contributed by atoms with Crippen LogP contribution in [0, 0.1) is 0 Å². The lowest BCUT2D eigenvalue weighted by Crippen LogP contribution is -2.29. The van der Waals surface area contributed by atoms with Gasteiger partial charge >= 0.3 is 5.97 Å². The van der Waals surface area contributed by atoms with Gasteiger partial charge in [0, 0.05) is 16.5 Å². The highest BCUT2D eigenvalue weighted by Crippen LogP contribution is 2.42. The fourth-order valence-electron chi connectivity index (χ4n) is 3.84. The summed E-state index contributed by atoms with van der Waals surface area (Å²) in [5, 5.41) is 0.851. The van der Waals surface area contributed by atoms with Gasteiger partial charge in [0.25, 0.3) is 0 Å². The highest BCUT2D eigenvalue weighted by Gasteiger charge is 2.34. The van der Waals surface area contributed by atoms with Gasteiger partial charge in [-0.05, 0) is 70.4 Å². The lowest BCUT2D eigenvalue weighted by atomic mass is 9.97. The van der Waals surface area contributed by atoms with E-state index in [2.05, 4.69) is 6.07 Å². The molecule has 4 rings (SSSR count). The maximum Gasteiger partial charge on any atom is 0.340 e. The van der Waals surface area contributed by atoms with E-state index in [4.69, 9.17) is 18.6 Å². The highest BCUT2D eigenvalue weighted by atomic mass is 16.6. The van der Waals surface area contributed by atoms with Crippen molar-refractivity contribution in [1.29, 1.82) is 0 Å². The number of rotatable bonds is 5.